The smallest absolute Gasteiger partial charge is 0.311 e. The maximum Gasteiger partial charge on any atom is 0.311 e. The Bertz CT molecular complexity index is 330. The molecule has 0 aliphatic heterocycles. The summed E-state index contributed by atoms with van der Waals surface area (Å²) in [5, 5.41) is 8.92. The fourth-order valence-electron chi connectivity index (χ4n) is 1.32. The molecule has 3 nitrogen and oxygen atoms in total. The van der Waals surface area contributed by atoms with Crippen molar-refractivity contribution < 1.29 is 14.7 Å². The third-order valence-electron chi connectivity index (χ3n) is 1.99. The molecule has 14 heavy (non-hydrogen) atoms. The SMILES string of the molecule is CC(=O)C[C@H](C(=O)O)c1ccccc1. The van der Waals surface area contributed by atoms with Crippen LogP contribution in [0.5, 0.6) is 0 Å². The number of carbonyl (C=O) groups is 2. The van der Waals surface area contributed by atoms with Crippen molar-refractivity contribution in [2.75, 3.05) is 0 Å². The Morgan fingerprint density at radius 2 is 1.86 bits per heavy atom. The molecule has 0 spiro atoms. The Kier molecular flexibility index (Phi) is 3.40. The molecule has 0 amide bonds. The summed E-state index contributed by atoms with van der Waals surface area (Å²) in [6, 6.07) is 8.80. The summed E-state index contributed by atoms with van der Waals surface area (Å²) in [5.74, 6) is -1.78. The van der Waals surface area contributed by atoms with Crippen LogP contribution in [0.3, 0.4) is 0 Å². The standard InChI is InChI=1S/C11H12O3/c1-8(12)7-10(11(13)14)9-5-3-2-4-6-9/h2-6,10H,7H2,1H3,(H,13,14)/t10-/m0/s1. The summed E-state index contributed by atoms with van der Waals surface area (Å²) >= 11 is 0. The number of hydrogen-bond donors (Lipinski definition) is 1. The number of carboxylic acids is 1. The van der Waals surface area contributed by atoms with Crippen LogP contribution in [0.1, 0.15) is 24.8 Å². The number of hydrogen-bond acceptors (Lipinski definition) is 2. The van der Waals surface area contributed by atoms with Crippen molar-refractivity contribution in [3.8, 4) is 0 Å². The van der Waals surface area contributed by atoms with E-state index < -0.39 is 11.9 Å². The topological polar surface area (TPSA) is 54.4 Å². The van der Waals surface area contributed by atoms with Gasteiger partial charge in [0.15, 0.2) is 0 Å². The second-order valence-electron chi connectivity index (χ2n) is 3.21. The fraction of sp³-hybridized carbons (Fsp3) is 0.273. The number of carbonyl (C=O) groups excluding carboxylic acids is 1. The van der Waals surface area contributed by atoms with Crippen LogP contribution in [-0.2, 0) is 9.59 Å². The Labute approximate surface area is 82.4 Å². The molecule has 0 aliphatic rings. The van der Waals surface area contributed by atoms with Crippen LogP contribution in [0.4, 0.5) is 0 Å². The van der Waals surface area contributed by atoms with Crippen molar-refractivity contribution in [1.82, 2.24) is 0 Å². The van der Waals surface area contributed by atoms with Gasteiger partial charge in [-0.15, -0.1) is 0 Å². The highest BCUT2D eigenvalue weighted by atomic mass is 16.4. The van der Waals surface area contributed by atoms with Crippen LogP contribution in [0.15, 0.2) is 30.3 Å². The van der Waals surface area contributed by atoms with E-state index in [9.17, 15) is 9.59 Å². The Balaban J connectivity index is 2.89. The van der Waals surface area contributed by atoms with E-state index in [0.29, 0.717) is 5.56 Å². The molecule has 0 unspecified atom stereocenters. The Hall–Kier alpha value is -1.64. The molecule has 1 aromatic carbocycles. The van der Waals surface area contributed by atoms with Crippen LogP contribution in [0.2, 0.25) is 0 Å². The zero-order valence-corrected chi connectivity index (χ0v) is 7.93. The van der Waals surface area contributed by atoms with Gasteiger partial charge < -0.3 is 5.11 Å². The lowest BCUT2D eigenvalue weighted by atomic mass is 9.94. The van der Waals surface area contributed by atoms with Gasteiger partial charge >= 0.3 is 5.97 Å². The molecule has 0 bridgehead atoms. The molecule has 1 atom stereocenters. The van der Waals surface area contributed by atoms with E-state index in [1.807, 2.05) is 6.07 Å². The van der Waals surface area contributed by atoms with Gasteiger partial charge in [0.05, 0.1) is 5.92 Å². The number of Topliss-reactive ketones (excluding diaryl/α,β-unsaturated/α-hetero) is 1. The first kappa shape index (κ1) is 10.4. The molecule has 74 valence electrons. The molecule has 3 heteroatoms. The van der Waals surface area contributed by atoms with Crippen LogP contribution in [-0.4, -0.2) is 16.9 Å². The maximum atomic E-state index is 10.9. The Morgan fingerprint density at radius 1 is 1.29 bits per heavy atom. The van der Waals surface area contributed by atoms with Gasteiger partial charge in [-0.3, -0.25) is 9.59 Å². The van der Waals surface area contributed by atoms with Crippen molar-refractivity contribution in [2.45, 2.75) is 19.3 Å². The van der Waals surface area contributed by atoms with E-state index in [4.69, 9.17) is 5.11 Å². The first-order valence-corrected chi connectivity index (χ1v) is 4.38. The summed E-state index contributed by atoms with van der Waals surface area (Å²) in [4.78, 5) is 21.8. The van der Waals surface area contributed by atoms with Gasteiger partial charge in [0.1, 0.15) is 5.78 Å². The predicted octanol–water partition coefficient (Wildman–Crippen LogP) is 1.83. The molecule has 0 saturated carbocycles. The average molecular weight is 192 g/mol. The van der Waals surface area contributed by atoms with Gasteiger partial charge in [-0.05, 0) is 12.5 Å². The first-order valence-electron chi connectivity index (χ1n) is 4.38. The van der Waals surface area contributed by atoms with Gasteiger partial charge in [-0.2, -0.15) is 0 Å². The maximum absolute atomic E-state index is 10.9. The molecule has 1 N–H and O–H groups in total. The summed E-state index contributed by atoms with van der Waals surface area (Å²) in [7, 11) is 0. The van der Waals surface area contributed by atoms with Crippen molar-refractivity contribution in [1.29, 1.82) is 0 Å². The third kappa shape index (κ3) is 2.69. The lowest BCUT2D eigenvalue weighted by molar-refractivity contribution is -0.140. The summed E-state index contributed by atoms with van der Waals surface area (Å²) in [6.07, 6.45) is 0.0549. The molecule has 1 rings (SSSR count). The van der Waals surface area contributed by atoms with Gasteiger partial charge in [0.2, 0.25) is 0 Å². The number of carboxylic acid groups (broad SMARTS) is 1. The van der Waals surface area contributed by atoms with E-state index in [2.05, 4.69) is 0 Å². The van der Waals surface area contributed by atoms with Gasteiger partial charge in [0.25, 0.3) is 0 Å². The normalized spacial score (nSPS) is 12.1. The van der Waals surface area contributed by atoms with Crippen LogP contribution in [0, 0.1) is 0 Å². The highest BCUT2D eigenvalue weighted by Gasteiger charge is 2.20. The molecule has 0 radical (unpaired) electrons. The highest BCUT2D eigenvalue weighted by molar-refractivity contribution is 5.85. The molecular weight excluding hydrogens is 180 g/mol. The minimum atomic E-state index is -0.952. The van der Waals surface area contributed by atoms with Crippen molar-refractivity contribution in [3.63, 3.8) is 0 Å². The summed E-state index contributed by atoms with van der Waals surface area (Å²) < 4.78 is 0. The number of ketones is 1. The molecule has 0 fully saturated rings. The van der Waals surface area contributed by atoms with Gasteiger partial charge in [-0.25, -0.2) is 0 Å². The zero-order chi connectivity index (χ0) is 10.6. The fourth-order valence-corrected chi connectivity index (χ4v) is 1.32. The predicted molar refractivity (Wildman–Crippen MR) is 52.1 cm³/mol. The van der Waals surface area contributed by atoms with E-state index in [0.717, 1.165) is 0 Å². The van der Waals surface area contributed by atoms with E-state index >= 15 is 0 Å². The number of benzene rings is 1. The first-order chi connectivity index (χ1) is 6.61. The van der Waals surface area contributed by atoms with Crippen LogP contribution in [0.25, 0.3) is 0 Å². The number of aliphatic carboxylic acids is 1. The van der Waals surface area contributed by atoms with Crippen molar-refractivity contribution in [2.24, 2.45) is 0 Å². The molecule has 0 saturated heterocycles. The lowest BCUT2D eigenvalue weighted by Gasteiger charge is -2.09. The highest BCUT2D eigenvalue weighted by Crippen LogP contribution is 2.19. The Morgan fingerprint density at radius 3 is 2.29 bits per heavy atom. The lowest BCUT2D eigenvalue weighted by Crippen LogP contribution is -2.14. The average Bonchev–Trinajstić information content (AvgIpc) is 2.15. The van der Waals surface area contributed by atoms with Gasteiger partial charge in [0, 0.05) is 6.42 Å². The quantitative estimate of drug-likeness (QED) is 0.791. The van der Waals surface area contributed by atoms with Crippen molar-refractivity contribution >= 4 is 11.8 Å². The summed E-state index contributed by atoms with van der Waals surface area (Å²) in [5.41, 5.74) is 0.676. The minimum Gasteiger partial charge on any atom is -0.481 e. The second-order valence-corrected chi connectivity index (χ2v) is 3.21. The van der Waals surface area contributed by atoms with E-state index in [-0.39, 0.29) is 12.2 Å². The van der Waals surface area contributed by atoms with E-state index in [1.54, 1.807) is 24.3 Å². The molecular formula is C11H12O3. The summed E-state index contributed by atoms with van der Waals surface area (Å²) in [6.45, 7) is 1.40. The molecule has 0 aromatic heterocycles. The van der Waals surface area contributed by atoms with Crippen LogP contribution >= 0.6 is 0 Å². The molecule has 0 heterocycles. The number of rotatable bonds is 4. The molecule has 0 aliphatic carbocycles. The van der Waals surface area contributed by atoms with Crippen molar-refractivity contribution in [3.05, 3.63) is 35.9 Å². The minimum absolute atomic E-state index is 0.0549. The zero-order valence-electron chi connectivity index (χ0n) is 7.93. The van der Waals surface area contributed by atoms with E-state index in [1.165, 1.54) is 6.92 Å². The van der Waals surface area contributed by atoms with Gasteiger partial charge in [-0.1, -0.05) is 30.3 Å². The van der Waals surface area contributed by atoms with Crippen LogP contribution < -0.4 is 0 Å². The third-order valence-corrected chi connectivity index (χ3v) is 1.99. The molecule has 1 aromatic rings. The largest absolute Gasteiger partial charge is 0.481 e. The second kappa shape index (κ2) is 4.56. The monoisotopic (exact) mass is 192 g/mol.